The fourth-order valence-corrected chi connectivity index (χ4v) is 2.91. The molecule has 27 heavy (non-hydrogen) atoms. The molecule has 0 aliphatic carbocycles. The van der Waals surface area contributed by atoms with Crippen molar-refractivity contribution in [1.29, 1.82) is 0 Å². The summed E-state index contributed by atoms with van der Waals surface area (Å²) in [6.45, 7) is 8.55. The third kappa shape index (κ3) is 6.69. The van der Waals surface area contributed by atoms with Gasteiger partial charge in [-0.05, 0) is 35.6 Å². The molecule has 0 aliphatic rings. The van der Waals surface area contributed by atoms with Crippen molar-refractivity contribution in [3.05, 3.63) is 47.0 Å². The number of ether oxygens (including phenoxy) is 1. The van der Waals surface area contributed by atoms with E-state index in [1.54, 1.807) is 7.11 Å². The molecule has 7 nitrogen and oxygen atoms in total. The Hall–Kier alpha value is -2.38. The van der Waals surface area contributed by atoms with Crippen LogP contribution in [0.5, 0.6) is 5.75 Å². The van der Waals surface area contributed by atoms with E-state index in [0.717, 1.165) is 24.5 Å². The molecule has 0 saturated carbocycles. The Kier molecular flexibility index (Phi) is 9.53. The van der Waals surface area contributed by atoms with Crippen LogP contribution in [0.15, 0.2) is 24.7 Å². The van der Waals surface area contributed by atoms with Gasteiger partial charge in [-0.2, -0.15) is 0 Å². The number of aromatic nitrogens is 2. The lowest BCUT2D eigenvalue weighted by Crippen LogP contribution is -2.27. The number of hydrogen-bond acceptors (Lipinski definition) is 5. The van der Waals surface area contributed by atoms with Gasteiger partial charge in [0.1, 0.15) is 5.75 Å². The van der Waals surface area contributed by atoms with Gasteiger partial charge in [-0.25, -0.2) is 4.98 Å². The van der Waals surface area contributed by atoms with Gasteiger partial charge in [-0.15, -0.1) is 0 Å². The SMILES string of the molecule is COc1cc(C)c(CN(CCO)Cc2cncn2C)cc1C(C)C.O=CO. The van der Waals surface area contributed by atoms with E-state index in [9.17, 15) is 5.11 Å². The van der Waals surface area contributed by atoms with E-state index in [0.29, 0.717) is 12.5 Å². The summed E-state index contributed by atoms with van der Waals surface area (Å²) in [6, 6.07) is 4.36. The molecule has 0 saturated heterocycles. The zero-order valence-electron chi connectivity index (χ0n) is 16.8. The molecular formula is C20H31N3O4. The first kappa shape index (κ1) is 22.7. The first-order valence-corrected chi connectivity index (χ1v) is 8.91. The van der Waals surface area contributed by atoms with Gasteiger partial charge in [-0.3, -0.25) is 9.69 Å². The number of benzene rings is 1. The summed E-state index contributed by atoms with van der Waals surface area (Å²) >= 11 is 0. The third-order valence-electron chi connectivity index (χ3n) is 4.42. The predicted octanol–water partition coefficient (Wildman–Crippen LogP) is 2.56. The van der Waals surface area contributed by atoms with Crippen molar-refractivity contribution in [3.63, 3.8) is 0 Å². The molecule has 2 N–H and O–H groups in total. The van der Waals surface area contributed by atoms with E-state index in [1.165, 1.54) is 16.7 Å². The van der Waals surface area contributed by atoms with Gasteiger partial charge in [0.25, 0.3) is 6.47 Å². The number of methoxy groups -OCH3 is 1. The van der Waals surface area contributed by atoms with Crippen molar-refractivity contribution < 1.29 is 19.7 Å². The molecule has 0 aliphatic heterocycles. The van der Waals surface area contributed by atoms with Crippen LogP contribution in [-0.4, -0.2) is 51.4 Å². The van der Waals surface area contributed by atoms with Crippen LogP contribution in [0.4, 0.5) is 0 Å². The van der Waals surface area contributed by atoms with Gasteiger partial charge >= 0.3 is 0 Å². The summed E-state index contributed by atoms with van der Waals surface area (Å²) in [6.07, 6.45) is 3.69. The average molecular weight is 377 g/mol. The van der Waals surface area contributed by atoms with E-state index in [-0.39, 0.29) is 13.1 Å². The summed E-state index contributed by atoms with van der Waals surface area (Å²) in [5.41, 5.74) is 4.85. The molecule has 1 heterocycles. The molecule has 0 spiro atoms. The summed E-state index contributed by atoms with van der Waals surface area (Å²) in [4.78, 5) is 14.8. The molecule has 1 aromatic carbocycles. The van der Waals surface area contributed by atoms with E-state index in [4.69, 9.17) is 14.6 Å². The number of carbonyl (C=O) groups is 1. The van der Waals surface area contributed by atoms with Crippen LogP contribution >= 0.6 is 0 Å². The second kappa shape index (κ2) is 11.4. The predicted molar refractivity (Wildman–Crippen MR) is 105 cm³/mol. The molecule has 0 atom stereocenters. The zero-order chi connectivity index (χ0) is 20.4. The molecule has 2 rings (SSSR count). The topological polar surface area (TPSA) is 87.8 Å². The highest BCUT2D eigenvalue weighted by molar-refractivity contribution is 5.44. The maximum absolute atomic E-state index is 9.42. The van der Waals surface area contributed by atoms with Gasteiger partial charge < -0.3 is 19.5 Å². The molecule has 0 amide bonds. The van der Waals surface area contributed by atoms with E-state index in [2.05, 4.69) is 42.8 Å². The van der Waals surface area contributed by atoms with Gasteiger partial charge in [0.05, 0.1) is 25.7 Å². The van der Waals surface area contributed by atoms with Crippen molar-refractivity contribution in [2.24, 2.45) is 7.05 Å². The van der Waals surface area contributed by atoms with Crippen molar-refractivity contribution in [2.75, 3.05) is 20.3 Å². The minimum absolute atomic E-state index is 0.143. The lowest BCUT2D eigenvalue weighted by Gasteiger charge is -2.24. The lowest BCUT2D eigenvalue weighted by molar-refractivity contribution is -0.122. The molecule has 1 aromatic heterocycles. The summed E-state index contributed by atoms with van der Waals surface area (Å²) < 4.78 is 7.55. The van der Waals surface area contributed by atoms with Crippen LogP contribution < -0.4 is 4.74 Å². The highest BCUT2D eigenvalue weighted by Crippen LogP contribution is 2.30. The summed E-state index contributed by atoms with van der Waals surface area (Å²) in [7, 11) is 3.72. The van der Waals surface area contributed by atoms with Gasteiger partial charge in [0, 0.05) is 32.9 Å². The van der Waals surface area contributed by atoms with E-state index >= 15 is 0 Å². The van der Waals surface area contributed by atoms with Gasteiger partial charge in [-0.1, -0.05) is 19.9 Å². The van der Waals surface area contributed by atoms with E-state index < -0.39 is 0 Å². The van der Waals surface area contributed by atoms with E-state index in [1.807, 2.05) is 24.1 Å². The van der Waals surface area contributed by atoms with Crippen molar-refractivity contribution in [2.45, 2.75) is 39.8 Å². The Bertz CT molecular complexity index is 713. The molecular weight excluding hydrogens is 346 g/mol. The number of aliphatic hydroxyl groups is 1. The summed E-state index contributed by atoms with van der Waals surface area (Å²) in [5, 5.41) is 16.3. The number of rotatable bonds is 8. The largest absolute Gasteiger partial charge is 0.496 e. The second-order valence-electron chi connectivity index (χ2n) is 6.71. The number of carboxylic acid groups (broad SMARTS) is 1. The second-order valence-corrected chi connectivity index (χ2v) is 6.71. The minimum atomic E-state index is -0.250. The quantitative estimate of drug-likeness (QED) is 0.688. The summed E-state index contributed by atoms with van der Waals surface area (Å²) in [5.74, 6) is 1.36. The highest BCUT2D eigenvalue weighted by atomic mass is 16.5. The Balaban J connectivity index is 0.00000114. The number of imidazole rings is 1. The van der Waals surface area contributed by atoms with Crippen LogP contribution in [0.2, 0.25) is 0 Å². The van der Waals surface area contributed by atoms with Crippen LogP contribution in [0.1, 0.15) is 42.1 Å². The molecule has 150 valence electrons. The third-order valence-corrected chi connectivity index (χ3v) is 4.42. The Morgan fingerprint density at radius 1 is 1.33 bits per heavy atom. The molecule has 0 unspecified atom stereocenters. The lowest BCUT2D eigenvalue weighted by atomic mass is 9.96. The molecule has 0 bridgehead atoms. The molecule has 0 radical (unpaired) electrons. The maximum atomic E-state index is 9.42. The number of nitrogens with zero attached hydrogens (tertiary/aromatic N) is 3. The van der Waals surface area contributed by atoms with Gasteiger partial charge in [0.15, 0.2) is 0 Å². The first-order valence-electron chi connectivity index (χ1n) is 8.91. The highest BCUT2D eigenvalue weighted by Gasteiger charge is 2.15. The standard InChI is InChI=1S/C19H29N3O2.CH2O2/c1-14(2)18-9-16(15(3)8-19(18)24-5)11-22(6-7-23)12-17-10-20-13-21(17)4;2-1-3/h8-10,13-14,23H,6-7,11-12H2,1-5H3;1H,(H,2,3). The normalized spacial score (nSPS) is 10.7. The fourth-order valence-electron chi connectivity index (χ4n) is 2.91. The minimum Gasteiger partial charge on any atom is -0.496 e. The van der Waals surface area contributed by atoms with Crippen LogP contribution in [0.3, 0.4) is 0 Å². The van der Waals surface area contributed by atoms with Crippen LogP contribution in [0, 0.1) is 6.92 Å². The zero-order valence-corrected chi connectivity index (χ0v) is 16.8. The number of aliphatic hydroxyl groups excluding tert-OH is 1. The molecule has 0 fully saturated rings. The fraction of sp³-hybridized carbons (Fsp3) is 0.500. The Labute approximate surface area is 161 Å². The maximum Gasteiger partial charge on any atom is 0.290 e. The molecule has 2 aromatic rings. The van der Waals surface area contributed by atoms with Crippen molar-refractivity contribution >= 4 is 6.47 Å². The van der Waals surface area contributed by atoms with Crippen LogP contribution in [0.25, 0.3) is 0 Å². The van der Waals surface area contributed by atoms with Gasteiger partial charge in [0.2, 0.25) is 0 Å². The van der Waals surface area contributed by atoms with Crippen LogP contribution in [-0.2, 0) is 24.9 Å². The number of aryl methyl sites for hydroxylation is 2. The first-order chi connectivity index (χ1) is 12.9. The van der Waals surface area contributed by atoms with Crippen molar-refractivity contribution in [3.8, 4) is 5.75 Å². The molecule has 7 heteroatoms. The smallest absolute Gasteiger partial charge is 0.290 e. The number of hydrogen-bond donors (Lipinski definition) is 2. The average Bonchev–Trinajstić information content (AvgIpc) is 3.01. The van der Waals surface area contributed by atoms with Crippen molar-refractivity contribution in [1.82, 2.24) is 14.5 Å². The monoisotopic (exact) mass is 377 g/mol. The Morgan fingerprint density at radius 2 is 2.00 bits per heavy atom. The Morgan fingerprint density at radius 3 is 2.48 bits per heavy atom.